The summed E-state index contributed by atoms with van der Waals surface area (Å²) in [7, 11) is 0.553. The molecule has 0 bridgehead atoms. The van der Waals surface area contributed by atoms with E-state index in [1.54, 1.807) is 83.3 Å². The number of aromatic nitrogens is 6. The number of rotatable bonds is 10. The van der Waals surface area contributed by atoms with E-state index in [4.69, 9.17) is 88.8 Å². The van der Waals surface area contributed by atoms with Crippen LogP contribution >= 0.6 is 120 Å². The van der Waals surface area contributed by atoms with E-state index < -0.39 is 16.8 Å². The molecule has 3 aliphatic rings. The van der Waals surface area contributed by atoms with Gasteiger partial charge in [-0.2, -0.15) is 0 Å². The number of halogens is 7. The number of hydrogen-bond donors (Lipinski definition) is 4. The van der Waals surface area contributed by atoms with Gasteiger partial charge in [-0.05, 0) is 162 Å². The molecule has 3 amide bonds. The molecule has 0 saturated carbocycles. The Morgan fingerprint density at radius 3 is 1.12 bits per heavy atom. The average molecular weight is 1600 g/mol. The second-order valence-electron chi connectivity index (χ2n) is 28.0. The van der Waals surface area contributed by atoms with Gasteiger partial charge in [-0.25, -0.2) is 44.3 Å². The summed E-state index contributed by atoms with van der Waals surface area (Å²) >= 11 is 45.1. The summed E-state index contributed by atoms with van der Waals surface area (Å²) in [6.45, 7) is 27.7. The standard InChI is InChI=1S/2C23H26Cl2N4O2S.C17H23BrN4O2S.C6H4BCl2O2/c2*1-22(2,3)31-21(30)28-23(4)8-10-29(11-9-23)20-19-18(26-13-27-20)15(12-32-19)14-6-5-7-16(24)17(14)25;1-16(2,3)24-15(23)21-17(4)5-7-22(8-6-17)14-13-12(19-10-20-14)11(18)9-25-13;8-4-2-1-3-5(6(4)9)11-7-10/h2*5-7,12-13H,8-11H2,1-4H3,(H,28,30);9-10H,5-8H2,1-4H3,(H,21,23);1-3,10H. The molecule has 533 valence electrons. The molecular formula is C69H79BBrCl6N12O8S3. The van der Waals surface area contributed by atoms with E-state index in [1.807, 2.05) is 92.0 Å². The van der Waals surface area contributed by atoms with E-state index in [9.17, 15) is 14.4 Å². The van der Waals surface area contributed by atoms with E-state index >= 15 is 0 Å². The van der Waals surface area contributed by atoms with Crippen LogP contribution < -0.4 is 35.3 Å². The molecule has 3 aromatic carbocycles. The number of thiophene rings is 3. The first-order valence-electron chi connectivity index (χ1n) is 32.1. The van der Waals surface area contributed by atoms with Gasteiger partial charge in [0.15, 0.2) is 0 Å². The minimum atomic E-state index is -0.517. The number of carbonyl (C=O) groups is 3. The predicted molar refractivity (Wildman–Crippen MR) is 414 cm³/mol. The van der Waals surface area contributed by atoms with Crippen LogP contribution in [0.2, 0.25) is 30.1 Å². The van der Waals surface area contributed by atoms with Gasteiger partial charge in [-0.3, -0.25) is 0 Å². The molecule has 6 aromatic heterocycles. The molecule has 4 N–H and O–H groups in total. The second kappa shape index (κ2) is 32.8. The van der Waals surface area contributed by atoms with Gasteiger partial charge in [0.1, 0.15) is 64.5 Å². The van der Waals surface area contributed by atoms with Crippen molar-refractivity contribution < 1.29 is 38.3 Å². The summed E-state index contributed by atoms with van der Waals surface area (Å²) in [6.07, 6.45) is 8.53. The number of nitrogens with one attached hydrogen (secondary N) is 3. The Balaban J connectivity index is 0.000000163. The molecule has 9 aromatic rings. The molecule has 0 aliphatic carbocycles. The number of piperidine rings is 3. The highest BCUT2D eigenvalue weighted by Gasteiger charge is 2.38. The normalized spacial score (nSPS) is 15.8. The lowest BCUT2D eigenvalue weighted by Gasteiger charge is -2.40. The molecule has 20 nitrogen and oxygen atoms in total. The summed E-state index contributed by atoms with van der Waals surface area (Å²) in [6, 6.07) is 16.1. The third-order valence-electron chi connectivity index (χ3n) is 16.4. The summed E-state index contributed by atoms with van der Waals surface area (Å²) in [5.41, 5.74) is 3.90. The van der Waals surface area contributed by atoms with Crippen LogP contribution in [0.4, 0.5) is 31.8 Å². The second-order valence-corrected chi connectivity index (χ2v) is 33.9. The number of amides is 3. The molecular weight excluding hydrogens is 1520 g/mol. The molecule has 31 heteroatoms. The zero-order chi connectivity index (χ0) is 72.7. The summed E-state index contributed by atoms with van der Waals surface area (Å²) in [5, 5.41) is 26.4. The summed E-state index contributed by atoms with van der Waals surface area (Å²) in [4.78, 5) is 70.5. The fourth-order valence-corrected chi connectivity index (χ4v) is 16.1. The van der Waals surface area contributed by atoms with Gasteiger partial charge in [0.05, 0.1) is 59.7 Å². The van der Waals surface area contributed by atoms with E-state index in [-0.39, 0.29) is 34.9 Å². The Kier molecular flexibility index (Phi) is 25.6. The Morgan fingerprint density at radius 1 is 0.470 bits per heavy atom. The maximum atomic E-state index is 12.3. The minimum Gasteiger partial charge on any atom is -0.536 e. The first-order chi connectivity index (χ1) is 47.0. The van der Waals surface area contributed by atoms with Crippen LogP contribution in [0.3, 0.4) is 0 Å². The number of anilines is 3. The van der Waals surface area contributed by atoms with Gasteiger partial charge in [-0.1, -0.05) is 99.9 Å². The van der Waals surface area contributed by atoms with Crippen molar-refractivity contribution in [2.75, 3.05) is 54.0 Å². The van der Waals surface area contributed by atoms with E-state index in [0.717, 1.165) is 153 Å². The molecule has 100 heavy (non-hydrogen) atoms. The molecule has 0 unspecified atom stereocenters. The van der Waals surface area contributed by atoms with Gasteiger partial charge >= 0.3 is 26.0 Å². The Morgan fingerprint density at radius 2 is 0.780 bits per heavy atom. The maximum Gasteiger partial charge on any atom is 0.569 e. The van der Waals surface area contributed by atoms with Crippen molar-refractivity contribution in [1.29, 1.82) is 0 Å². The van der Waals surface area contributed by atoms with Crippen molar-refractivity contribution in [1.82, 2.24) is 45.9 Å². The molecule has 0 spiro atoms. The Hall–Kier alpha value is -5.97. The van der Waals surface area contributed by atoms with Gasteiger partial charge < -0.3 is 54.5 Å². The molecule has 3 aliphatic heterocycles. The van der Waals surface area contributed by atoms with Crippen LogP contribution in [0.15, 0.2) is 94.2 Å². The lowest BCUT2D eigenvalue weighted by Crippen LogP contribution is -2.54. The molecule has 1 radical (unpaired) electrons. The molecule has 3 fully saturated rings. The average Bonchev–Trinajstić information content (AvgIpc) is 1.57. The molecule has 9 heterocycles. The van der Waals surface area contributed by atoms with E-state index in [1.165, 1.54) is 0 Å². The number of benzene rings is 3. The Labute approximate surface area is 633 Å². The van der Waals surface area contributed by atoms with Crippen molar-refractivity contribution in [2.24, 2.45) is 0 Å². The van der Waals surface area contributed by atoms with Crippen molar-refractivity contribution in [3.05, 3.63) is 124 Å². The first kappa shape index (κ1) is 78.2. The van der Waals surface area contributed by atoms with Gasteiger partial charge in [-0.15, -0.1) is 34.0 Å². The predicted octanol–water partition coefficient (Wildman–Crippen LogP) is 19.3. The van der Waals surface area contributed by atoms with Gasteiger partial charge in [0.25, 0.3) is 0 Å². The summed E-state index contributed by atoms with van der Waals surface area (Å²) in [5.74, 6) is 3.12. The third-order valence-corrected chi connectivity index (χ3v) is 22.7. The van der Waals surface area contributed by atoms with Crippen molar-refractivity contribution >= 4 is 194 Å². The van der Waals surface area contributed by atoms with Crippen LogP contribution in [0.1, 0.15) is 122 Å². The monoisotopic (exact) mass is 1600 g/mol. The SMILES string of the molecule is CC1(NC(=O)OC(C)(C)C)CCN(c2ncnc3c(-c4cccc(Cl)c4Cl)csc23)CC1.CC1(NC(=O)OC(C)(C)C)CCN(c2ncnc3c(-c4cccc(Cl)c4Cl)csc23)CC1.CC1(NC(=O)OC(C)(C)C)CCN(c2ncnc3c(Br)csc23)CC1.O[B]Oc1cccc(Cl)c1Cl. The first-order valence-corrected chi connectivity index (χ1v) is 37.8. The molecule has 12 rings (SSSR count). The van der Waals surface area contributed by atoms with Crippen LogP contribution in [0.25, 0.3) is 52.9 Å². The van der Waals surface area contributed by atoms with Gasteiger partial charge in [0, 0.05) is 94.3 Å². The molecule has 3 saturated heterocycles. The third kappa shape index (κ3) is 20.3. The lowest BCUT2D eigenvalue weighted by molar-refractivity contribution is 0.0435. The smallest absolute Gasteiger partial charge is 0.536 e. The summed E-state index contributed by atoms with van der Waals surface area (Å²) < 4.78 is 25.0. The topological polar surface area (TPSA) is 232 Å². The number of carbonyl (C=O) groups excluding carboxylic acids is 3. The van der Waals surface area contributed by atoms with Crippen molar-refractivity contribution in [3.63, 3.8) is 0 Å². The minimum absolute atomic E-state index is 0.263. The zero-order valence-electron chi connectivity index (χ0n) is 57.4. The van der Waals surface area contributed by atoms with Crippen molar-refractivity contribution in [2.45, 2.75) is 155 Å². The number of nitrogens with zero attached hydrogens (tertiary/aromatic N) is 9. The fraction of sp³-hybridized carbons (Fsp3) is 0.435. The van der Waals surface area contributed by atoms with Gasteiger partial charge in [0.2, 0.25) is 0 Å². The van der Waals surface area contributed by atoms with Crippen LogP contribution in [0.5, 0.6) is 5.75 Å². The number of ether oxygens (including phenoxy) is 3. The molecule has 0 atom stereocenters. The van der Waals surface area contributed by atoms with Crippen LogP contribution in [0, 0.1) is 0 Å². The lowest BCUT2D eigenvalue weighted by atomic mass is 9.90. The Bertz CT molecular complexity index is 4200. The van der Waals surface area contributed by atoms with E-state index in [0.29, 0.717) is 43.6 Å². The van der Waals surface area contributed by atoms with Crippen LogP contribution in [-0.4, -0.2) is 134 Å². The van der Waals surface area contributed by atoms with E-state index in [2.05, 4.69) is 113 Å². The quantitative estimate of drug-likeness (QED) is 0.0736. The largest absolute Gasteiger partial charge is 0.569 e. The highest BCUT2D eigenvalue weighted by molar-refractivity contribution is 9.10. The van der Waals surface area contributed by atoms with Crippen molar-refractivity contribution in [3.8, 4) is 28.0 Å². The highest BCUT2D eigenvalue weighted by atomic mass is 79.9. The zero-order valence-corrected chi connectivity index (χ0v) is 66.0. The number of hydrogen-bond acceptors (Lipinski definition) is 20. The number of fused-ring (bicyclic) bond motifs is 3. The van der Waals surface area contributed by atoms with Crippen LogP contribution in [-0.2, 0) is 14.2 Å². The highest BCUT2D eigenvalue weighted by Crippen LogP contribution is 2.45. The maximum absolute atomic E-state index is 12.3. The fourth-order valence-electron chi connectivity index (χ4n) is 11.3. The number of alkyl carbamates (subject to hydrolysis) is 3.